The highest BCUT2D eigenvalue weighted by Crippen LogP contribution is 2.26. The third kappa shape index (κ3) is 2.53. The largest absolute Gasteiger partial charge is 0.463 e. The van der Waals surface area contributed by atoms with E-state index in [4.69, 9.17) is 9.40 Å². The van der Waals surface area contributed by atoms with E-state index in [0.29, 0.717) is 0 Å². The van der Waals surface area contributed by atoms with Crippen LogP contribution >= 0.6 is 0 Å². The second kappa shape index (κ2) is 5.94. The lowest BCUT2D eigenvalue weighted by atomic mass is 10.2. The molecule has 0 spiro atoms. The van der Waals surface area contributed by atoms with Crippen LogP contribution in [0.4, 0.5) is 0 Å². The van der Waals surface area contributed by atoms with Gasteiger partial charge in [0.1, 0.15) is 11.3 Å². The van der Waals surface area contributed by atoms with Gasteiger partial charge in [0.2, 0.25) is 0 Å². The van der Waals surface area contributed by atoms with Crippen molar-refractivity contribution >= 4 is 5.65 Å². The van der Waals surface area contributed by atoms with Gasteiger partial charge >= 0.3 is 0 Å². The number of hydrogen-bond acceptors (Lipinski definition) is 4. The lowest BCUT2D eigenvalue weighted by Gasteiger charge is -2.19. The molecule has 1 N–H and O–H groups in total. The number of rotatable bonds is 3. The van der Waals surface area contributed by atoms with E-state index in [-0.39, 0.29) is 0 Å². The van der Waals surface area contributed by atoms with Gasteiger partial charge in [-0.05, 0) is 43.8 Å². The molecule has 4 rings (SSSR count). The second-order valence-corrected chi connectivity index (χ2v) is 5.69. The van der Waals surface area contributed by atoms with Gasteiger partial charge in [0.05, 0.1) is 12.0 Å². The molecule has 0 saturated carbocycles. The van der Waals surface area contributed by atoms with Crippen LogP contribution in [-0.4, -0.2) is 40.5 Å². The summed E-state index contributed by atoms with van der Waals surface area (Å²) in [6, 6.07) is 10.0. The highest BCUT2D eigenvalue weighted by molar-refractivity contribution is 5.62. The van der Waals surface area contributed by atoms with Crippen molar-refractivity contribution < 1.29 is 4.42 Å². The van der Waals surface area contributed by atoms with Crippen LogP contribution in [0.5, 0.6) is 0 Å². The second-order valence-electron chi connectivity index (χ2n) is 5.69. The summed E-state index contributed by atoms with van der Waals surface area (Å²) in [5.41, 5.74) is 3.12. The summed E-state index contributed by atoms with van der Waals surface area (Å²) in [6.07, 6.45) is 4.98. The van der Waals surface area contributed by atoms with Crippen LogP contribution in [0.15, 0.2) is 47.2 Å². The van der Waals surface area contributed by atoms with E-state index in [2.05, 4.69) is 20.8 Å². The predicted octanol–water partition coefficient (Wildman–Crippen LogP) is 2.39. The average Bonchev–Trinajstić information content (AvgIpc) is 3.11. The summed E-state index contributed by atoms with van der Waals surface area (Å²) in [7, 11) is 0. The SMILES string of the molecule is c1coc(-c2nc3ccccn3c2CN2CCCNCC2)c1. The lowest BCUT2D eigenvalue weighted by Crippen LogP contribution is -2.28. The van der Waals surface area contributed by atoms with Gasteiger partial charge in [0.25, 0.3) is 0 Å². The Bertz CT molecular complexity index is 739. The third-order valence-electron chi connectivity index (χ3n) is 4.19. The summed E-state index contributed by atoms with van der Waals surface area (Å²) < 4.78 is 7.77. The van der Waals surface area contributed by atoms with Crippen LogP contribution in [0.2, 0.25) is 0 Å². The molecular weight excluding hydrogens is 276 g/mol. The number of fused-ring (bicyclic) bond motifs is 1. The van der Waals surface area contributed by atoms with Gasteiger partial charge < -0.3 is 14.1 Å². The Morgan fingerprint density at radius 3 is 3.05 bits per heavy atom. The Balaban J connectivity index is 1.75. The number of pyridine rings is 1. The monoisotopic (exact) mass is 296 g/mol. The van der Waals surface area contributed by atoms with Crippen LogP contribution in [0, 0.1) is 0 Å². The first kappa shape index (κ1) is 13.5. The van der Waals surface area contributed by atoms with E-state index in [1.807, 2.05) is 30.3 Å². The Labute approximate surface area is 129 Å². The maximum absolute atomic E-state index is 5.60. The van der Waals surface area contributed by atoms with Crippen molar-refractivity contribution in [2.24, 2.45) is 0 Å². The molecule has 1 aliphatic heterocycles. The minimum atomic E-state index is 0.839. The Morgan fingerprint density at radius 2 is 2.14 bits per heavy atom. The van der Waals surface area contributed by atoms with Gasteiger partial charge in [0, 0.05) is 25.8 Å². The fraction of sp³-hybridized carbons (Fsp3) is 0.353. The topological polar surface area (TPSA) is 45.7 Å². The molecule has 114 valence electrons. The number of hydrogen-bond donors (Lipinski definition) is 1. The van der Waals surface area contributed by atoms with Crippen LogP contribution < -0.4 is 5.32 Å². The summed E-state index contributed by atoms with van der Waals surface area (Å²) in [5, 5.41) is 3.45. The van der Waals surface area contributed by atoms with Gasteiger partial charge in [-0.1, -0.05) is 6.07 Å². The normalized spacial score (nSPS) is 16.9. The molecule has 0 radical (unpaired) electrons. The van der Waals surface area contributed by atoms with E-state index < -0.39 is 0 Å². The molecule has 22 heavy (non-hydrogen) atoms. The Hall–Kier alpha value is -2.11. The Kier molecular flexibility index (Phi) is 3.66. The quantitative estimate of drug-likeness (QED) is 0.806. The van der Waals surface area contributed by atoms with Gasteiger partial charge in [-0.3, -0.25) is 4.90 Å². The van der Waals surface area contributed by atoms with Crippen molar-refractivity contribution in [3.63, 3.8) is 0 Å². The van der Waals surface area contributed by atoms with Crippen molar-refractivity contribution in [1.82, 2.24) is 19.6 Å². The molecule has 1 fully saturated rings. The zero-order chi connectivity index (χ0) is 14.8. The fourth-order valence-corrected chi connectivity index (χ4v) is 3.08. The zero-order valence-corrected chi connectivity index (χ0v) is 12.5. The lowest BCUT2D eigenvalue weighted by molar-refractivity contribution is 0.280. The predicted molar refractivity (Wildman–Crippen MR) is 85.7 cm³/mol. The van der Waals surface area contributed by atoms with Gasteiger partial charge in [0.15, 0.2) is 5.76 Å². The molecule has 1 aliphatic rings. The van der Waals surface area contributed by atoms with Crippen LogP contribution in [0.1, 0.15) is 12.1 Å². The molecule has 0 amide bonds. The van der Waals surface area contributed by atoms with Crippen LogP contribution in [0.25, 0.3) is 17.1 Å². The first-order chi connectivity index (χ1) is 10.9. The van der Waals surface area contributed by atoms with Gasteiger partial charge in [-0.15, -0.1) is 0 Å². The molecule has 3 aromatic rings. The third-order valence-corrected chi connectivity index (χ3v) is 4.19. The maximum atomic E-state index is 5.60. The maximum Gasteiger partial charge on any atom is 0.154 e. The molecule has 5 nitrogen and oxygen atoms in total. The fourth-order valence-electron chi connectivity index (χ4n) is 3.08. The molecule has 1 saturated heterocycles. The van der Waals surface area contributed by atoms with Crippen molar-refractivity contribution in [3.8, 4) is 11.5 Å². The van der Waals surface area contributed by atoms with Crippen molar-refractivity contribution in [3.05, 3.63) is 48.5 Å². The van der Waals surface area contributed by atoms with E-state index in [1.54, 1.807) is 6.26 Å². The molecule has 0 bridgehead atoms. The first-order valence-corrected chi connectivity index (χ1v) is 7.85. The molecule has 3 aromatic heterocycles. The molecule has 4 heterocycles. The van der Waals surface area contributed by atoms with Gasteiger partial charge in [-0.2, -0.15) is 0 Å². The van der Waals surface area contributed by atoms with Crippen molar-refractivity contribution in [2.45, 2.75) is 13.0 Å². The number of nitrogens with one attached hydrogen (secondary N) is 1. The summed E-state index contributed by atoms with van der Waals surface area (Å²) in [6.45, 7) is 5.23. The van der Waals surface area contributed by atoms with Crippen molar-refractivity contribution in [1.29, 1.82) is 0 Å². The smallest absolute Gasteiger partial charge is 0.154 e. The number of imidazole rings is 1. The number of furan rings is 1. The summed E-state index contributed by atoms with van der Waals surface area (Å²) >= 11 is 0. The molecule has 5 heteroatoms. The van der Waals surface area contributed by atoms with Crippen molar-refractivity contribution in [2.75, 3.05) is 26.2 Å². The summed E-state index contributed by atoms with van der Waals surface area (Å²) in [4.78, 5) is 7.26. The van der Waals surface area contributed by atoms with E-state index in [9.17, 15) is 0 Å². The minimum absolute atomic E-state index is 0.839. The van der Waals surface area contributed by atoms with E-state index in [1.165, 1.54) is 12.1 Å². The summed E-state index contributed by atoms with van der Waals surface area (Å²) in [5.74, 6) is 0.839. The first-order valence-electron chi connectivity index (χ1n) is 7.85. The molecule has 0 unspecified atom stereocenters. The molecule has 0 aromatic carbocycles. The zero-order valence-electron chi connectivity index (χ0n) is 12.5. The standard InChI is InChI=1S/C17H20N4O/c1-2-10-21-14(13-20-9-4-7-18-8-11-20)17(19-16(21)6-1)15-5-3-12-22-15/h1-3,5-6,10,12,18H,4,7-9,11,13H2. The highest BCUT2D eigenvalue weighted by Gasteiger charge is 2.19. The van der Waals surface area contributed by atoms with E-state index >= 15 is 0 Å². The molecule has 0 aliphatic carbocycles. The van der Waals surface area contributed by atoms with Crippen LogP contribution in [-0.2, 0) is 6.54 Å². The average molecular weight is 296 g/mol. The minimum Gasteiger partial charge on any atom is -0.463 e. The number of nitrogens with zero attached hydrogens (tertiary/aromatic N) is 3. The van der Waals surface area contributed by atoms with E-state index in [0.717, 1.165) is 49.8 Å². The Morgan fingerprint density at radius 1 is 1.14 bits per heavy atom. The van der Waals surface area contributed by atoms with Gasteiger partial charge in [-0.25, -0.2) is 4.98 Å². The van der Waals surface area contributed by atoms with Crippen LogP contribution in [0.3, 0.4) is 0 Å². The molecular formula is C17H20N4O. The number of aromatic nitrogens is 2. The highest BCUT2D eigenvalue weighted by atomic mass is 16.3. The molecule has 0 atom stereocenters.